The van der Waals surface area contributed by atoms with E-state index in [2.05, 4.69) is 36.9 Å². The maximum absolute atomic E-state index is 5.76. The van der Waals surface area contributed by atoms with E-state index in [0.29, 0.717) is 12.6 Å². The lowest BCUT2D eigenvalue weighted by molar-refractivity contribution is 0.0526. The summed E-state index contributed by atoms with van der Waals surface area (Å²) in [6.07, 6.45) is 2.78. The Balaban J connectivity index is 2.10. The number of benzene rings is 1. The van der Waals surface area contributed by atoms with Crippen molar-refractivity contribution in [3.05, 3.63) is 29.3 Å². The summed E-state index contributed by atoms with van der Waals surface area (Å²) in [5.41, 5.74) is 9.52. The van der Waals surface area contributed by atoms with Gasteiger partial charge in [-0.25, -0.2) is 0 Å². The largest absolute Gasteiger partial charge is 0.377 e. The maximum Gasteiger partial charge on any atom is 0.0750 e. The van der Waals surface area contributed by atoms with Crippen LogP contribution in [0.3, 0.4) is 0 Å². The first-order valence-corrected chi connectivity index (χ1v) is 6.90. The van der Waals surface area contributed by atoms with Gasteiger partial charge in [-0.05, 0) is 43.9 Å². The first-order chi connectivity index (χ1) is 8.74. The minimum atomic E-state index is 0.386. The Bertz CT molecular complexity index is 390. The van der Waals surface area contributed by atoms with Gasteiger partial charge in [-0.15, -0.1) is 0 Å². The molecule has 1 unspecified atom stereocenters. The fraction of sp³-hybridized carbons (Fsp3) is 0.600. The molecule has 1 fully saturated rings. The van der Waals surface area contributed by atoms with Crippen molar-refractivity contribution < 1.29 is 4.74 Å². The Morgan fingerprint density at radius 3 is 2.94 bits per heavy atom. The number of rotatable bonds is 4. The van der Waals surface area contributed by atoms with Crippen molar-refractivity contribution in [2.75, 3.05) is 24.6 Å². The standard InChI is InChI=1S/C15H24N2O/c1-3-18-14-5-4-8-17(11-14)15-7-6-13(10-16)9-12(15)2/h6-7,9,14H,3-5,8,10-11,16H2,1-2H3. The van der Waals surface area contributed by atoms with Gasteiger partial charge >= 0.3 is 0 Å². The van der Waals surface area contributed by atoms with Gasteiger partial charge < -0.3 is 15.4 Å². The van der Waals surface area contributed by atoms with Crippen LogP contribution in [0, 0.1) is 6.92 Å². The van der Waals surface area contributed by atoms with Gasteiger partial charge in [0.2, 0.25) is 0 Å². The topological polar surface area (TPSA) is 38.5 Å². The Kier molecular flexibility index (Phi) is 4.61. The predicted octanol–water partition coefficient (Wildman–Crippen LogP) is 2.46. The van der Waals surface area contributed by atoms with Crippen molar-refractivity contribution in [1.82, 2.24) is 0 Å². The van der Waals surface area contributed by atoms with Crippen molar-refractivity contribution in [2.45, 2.75) is 39.3 Å². The molecule has 1 aromatic rings. The van der Waals surface area contributed by atoms with Crippen LogP contribution in [0.25, 0.3) is 0 Å². The lowest BCUT2D eigenvalue weighted by Gasteiger charge is -2.35. The highest BCUT2D eigenvalue weighted by atomic mass is 16.5. The van der Waals surface area contributed by atoms with Gasteiger partial charge in [0.15, 0.2) is 0 Å². The van der Waals surface area contributed by atoms with Crippen molar-refractivity contribution in [2.24, 2.45) is 5.73 Å². The second-order valence-corrected chi connectivity index (χ2v) is 4.99. The van der Waals surface area contributed by atoms with E-state index in [-0.39, 0.29) is 0 Å². The van der Waals surface area contributed by atoms with E-state index < -0.39 is 0 Å². The van der Waals surface area contributed by atoms with Gasteiger partial charge in [0.1, 0.15) is 0 Å². The summed E-state index contributed by atoms with van der Waals surface area (Å²) in [4.78, 5) is 2.44. The number of nitrogens with two attached hydrogens (primary N) is 1. The molecule has 3 nitrogen and oxygen atoms in total. The molecule has 2 N–H and O–H groups in total. The molecule has 1 heterocycles. The van der Waals surface area contributed by atoms with Gasteiger partial charge in [0.05, 0.1) is 6.10 Å². The van der Waals surface area contributed by atoms with E-state index in [1.54, 1.807) is 0 Å². The molecule has 2 rings (SSSR count). The van der Waals surface area contributed by atoms with Gasteiger partial charge in [-0.1, -0.05) is 12.1 Å². The van der Waals surface area contributed by atoms with Crippen LogP contribution in [0.1, 0.15) is 30.9 Å². The monoisotopic (exact) mass is 248 g/mol. The van der Waals surface area contributed by atoms with E-state index in [1.165, 1.54) is 29.7 Å². The van der Waals surface area contributed by atoms with E-state index in [4.69, 9.17) is 10.5 Å². The van der Waals surface area contributed by atoms with Crippen LogP contribution in [-0.2, 0) is 11.3 Å². The number of hydrogen-bond donors (Lipinski definition) is 1. The van der Waals surface area contributed by atoms with Gasteiger partial charge in [0.25, 0.3) is 0 Å². The summed E-state index contributed by atoms with van der Waals surface area (Å²) in [6.45, 7) is 7.80. The number of anilines is 1. The van der Waals surface area contributed by atoms with E-state index in [0.717, 1.165) is 19.7 Å². The van der Waals surface area contributed by atoms with Crippen LogP contribution >= 0.6 is 0 Å². The summed E-state index contributed by atoms with van der Waals surface area (Å²) >= 11 is 0. The van der Waals surface area contributed by atoms with Crippen LogP contribution in [0.2, 0.25) is 0 Å². The number of aryl methyl sites for hydroxylation is 1. The molecule has 0 aromatic heterocycles. The maximum atomic E-state index is 5.76. The van der Waals surface area contributed by atoms with Crippen LogP contribution in [0.5, 0.6) is 0 Å². The van der Waals surface area contributed by atoms with Gasteiger partial charge in [0, 0.05) is 31.9 Å². The summed E-state index contributed by atoms with van der Waals surface area (Å²) in [5.74, 6) is 0. The molecule has 0 bridgehead atoms. The number of nitrogens with zero attached hydrogens (tertiary/aromatic N) is 1. The molecule has 100 valence electrons. The van der Waals surface area contributed by atoms with E-state index in [9.17, 15) is 0 Å². The zero-order valence-corrected chi connectivity index (χ0v) is 11.5. The third-order valence-electron chi connectivity index (χ3n) is 3.62. The molecule has 3 heteroatoms. The molecule has 0 aliphatic carbocycles. The lowest BCUT2D eigenvalue weighted by atomic mass is 10.0. The molecule has 0 saturated carbocycles. The first-order valence-electron chi connectivity index (χ1n) is 6.90. The molecule has 0 amide bonds. The average molecular weight is 248 g/mol. The van der Waals surface area contributed by atoms with E-state index >= 15 is 0 Å². The van der Waals surface area contributed by atoms with Crippen molar-refractivity contribution >= 4 is 5.69 Å². The molecular weight excluding hydrogens is 224 g/mol. The fourth-order valence-electron chi connectivity index (χ4n) is 2.73. The molecule has 1 aromatic carbocycles. The molecule has 0 spiro atoms. The first kappa shape index (κ1) is 13.4. The predicted molar refractivity (Wildman–Crippen MR) is 75.9 cm³/mol. The van der Waals surface area contributed by atoms with Crippen molar-refractivity contribution in [3.8, 4) is 0 Å². The number of piperidine rings is 1. The third kappa shape index (κ3) is 3.03. The number of hydrogen-bond acceptors (Lipinski definition) is 3. The molecule has 1 atom stereocenters. The summed E-state index contributed by atoms with van der Waals surface area (Å²) in [5, 5.41) is 0. The van der Waals surface area contributed by atoms with E-state index in [1.807, 2.05) is 0 Å². The molecule has 0 radical (unpaired) electrons. The minimum Gasteiger partial charge on any atom is -0.377 e. The Hall–Kier alpha value is -1.06. The lowest BCUT2D eigenvalue weighted by Crippen LogP contribution is -2.40. The summed E-state index contributed by atoms with van der Waals surface area (Å²) in [6, 6.07) is 6.53. The number of ether oxygens (including phenoxy) is 1. The molecule has 1 saturated heterocycles. The highest BCUT2D eigenvalue weighted by Gasteiger charge is 2.21. The average Bonchev–Trinajstić information content (AvgIpc) is 2.39. The van der Waals surface area contributed by atoms with Crippen molar-refractivity contribution in [1.29, 1.82) is 0 Å². The zero-order chi connectivity index (χ0) is 13.0. The third-order valence-corrected chi connectivity index (χ3v) is 3.62. The van der Waals surface area contributed by atoms with Crippen LogP contribution in [0.15, 0.2) is 18.2 Å². The Morgan fingerprint density at radius 1 is 1.44 bits per heavy atom. The SMILES string of the molecule is CCOC1CCCN(c2ccc(CN)cc2C)C1. The highest BCUT2D eigenvalue weighted by molar-refractivity contribution is 5.54. The Labute approximate surface area is 110 Å². The summed E-state index contributed by atoms with van der Waals surface area (Å²) < 4.78 is 5.76. The van der Waals surface area contributed by atoms with Crippen molar-refractivity contribution in [3.63, 3.8) is 0 Å². The second-order valence-electron chi connectivity index (χ2n) is 4.99. The van der Waals surface area contributed by atoms with Crippen LogP contribution < -0.4 is 10.6 Å². The summed E-state index contributed by atoms with van der Waals surface area (Å²) in [7, 11) is 0. The molecule has 1 aliphatic rings. The normalized spacial score (nSPS) is 20.2. The molecule has 1 aliphatic heterocycles. The fourth-order valence-corrected chi connectivity index (χ4v) is 2.73. The van der Waals surface area contributed by atoms with Gasteiger partial charge in [-0.3, -0.25) is 0 Å². The van der Waals surface area contributed by atoms with Crippen LogP contribution in [-0.4, -0.2) is 25.8 Å². The zero-order valence-electron chi connectivity index (χ0n) is 11.5. The second kappa shape index (κ2) is 6.21. The smallest absolute Gasteiger partial charge is 0.0750 e. The van der Waals surface area contributed by atoms with Crippen LogP contribution in [0.4, 0.5) is 5.69 Å². The quantitative estimate of drug-likeness (QED) is 0.889. The molecule has 18 heavy (non-hydrogen) atoms. The highest BCUT2D eigenvalue weighted by Crippen LogP contribution is 2.25. The molecular formula is C15H24N2O. The minimum absolute atomic E-state index is 0.386. The Morgan fingerprint density at radius 2 is 2.28 bits per heavy atom. The van der Waals surface area contributed by atoms with Gasteiger partial charge in [-0.2, -0.15) is 0 Å².